The van der Waals surface area contributed by atoms with E-state index in [-0.39, 0.29) is 34.8 Å². The van der Waals surface area contributed by atoms with E-state index in [0.29, 0.717) is 18.1 Å². The maximum absolute atomic E-state index is 12.3. The Labute approximate surface area is 169 Å². The van der Waals surface area contributed by atoms with E-state index in [1.165, 1.54) is 0 Å². The summed E-state index contributed by atoms with van der Waals surface area (Å²) in [6.07, 6.45) is 4.01. The third kappa shape index (κ3) is 4.21. The molecule has 2 aromatic rings. The van der Waals surface area contributed by atoms with Crippen molar-refractivity contribution in [3.8, 4) is 0 Å². The largest absolute Gasteiger partial charge is 0.446 e. The molecular formula is C19H25N5O4S. The van der Waals surface area contributed by atoms with Crippen LogP contribution in [0.15, 0.2) is 23.2 Å². The van der Waals surface area contributed by atoms with E-state index in [1.807, 2.05) is 19.9 Å². The molecule has 1 aliphatic carbocycles. The van der Waals surface area contributed by atoms with Gasteiger partial charge in [-0.15, -0.1) is 0 Å². The Morgan fingerprint density at radius 2 is 2.17 bits per heavy atom. The first kappa shape index (κ1) is 19.7. The number of nitrogens with zero attached hydrogens (tertiary/aromatic N) is 2. The molecule has 0 radical (unpaired) electrons. The smallest absolute Gasteiger partial charge is 0.407 e. The zero-order valence-electron chi connectivity index (χ0n) is 16.4. The summed E-state index contributed by atoms with van der Waals surface area (Å²) in [5, 5.41) is 13.1. The molecule has 3 heterocycles. The van der Waals surface area contributed by atoms with Gasteiger partial charge in [-0.2, -0.15) is 5.10 Å². The number of rotatable bonds is 5. The minimum absolute atomic E-state index is 0.0396. The average Bonchev–Trinajstić information content (AvgIpc) is 3.34. The number of carbonyl (C=O) groups is 1. The number of aromatic amines is 1. The molecule has 10 heteroatoms. The second-order valence-electron chi connectivity index (χ2n) is 7.89. The Bertz CT molecular complexity index is 1020. The molecule has 0 unspecified atom stereocenters. The molecule has 0 bridgehead atoms. The Hall–Kier alpha value is -2.62. The van der Waals surface area contributed by atoms with Crippen molar-refractivity contribution in [3.63, 3.8) is 0 Å². The van der Waals surface area contributed by atoms with E-state index >= 15 is 0 Å². The minimum Gasteiger partial charge on any atom is -0.446 e. The van der Waals surface area contributed by atoms with Crippen molar-refractivity contribution in [2.45, 2.75) is 62.5 Å². The van der Waals surface area contributed by atoms with E-state index in [0.717, 1.165) is 30.5 Å². The van der Waals surface area contributed by atoms with Crippen LogP contribution in [0.5, 0.6) is 0 Å². The highest BCUT2D eigenvalue weighted by Gasteiger charge is 2.32. The highest BCUT2D eigenvalue weighted by Crippen LogP contribution is 2.37. The van der Waals surface area contributed by atoms with Crippen LogP contribution < -0.4 is 10.6 Å². The van der Waals surface area contributed by atoms with Crippen molar-refractivity contribution in [2.24, 2.45) is 0 Å². The second kappa shape index (κ2) is 7.66. The first-order chi connectivity index (χ1) is 13.8. The van der Waals surface area contributed by atoms with Crippen LogP contribution >= 0.6 is 0 Å². The molecule has 1 saturated carbocycles. The number of hydrogen-bond acceptors (Lipinski definition) is 7. The Morgan fingerprint density at radius 3 is 2.97 bits per heavy atom. The Kier molecular flexibility index (Phi) is 5.20. The number of pyridine rings is 1. The molecule has 1 amide bonds. The number of fused-ring (bicyclic) bond motifs is 1. The second-order valence-corrected chi connectivity index (χ2v) is 9.93. The minimum atomic E-state index is -3.31. The van der Waals surface area contributed by atoms with Gasteiger partial charge < -0.3 is 15.4 Å². The van der Waals surface area contributed by atoms with Gasteiger partial charge in [-0.1, -0.05) is 0 Å². The number of nitrogens with one attached hydrogen (secondary N) is 3. The maximum Gasteiger partial charge on any atom is 0.407 e. The van der Waals surface area contributed by atoms with E-state index < -0.39 is 9.84 Å². The van der Waals surface area contributed by atoms with Gasteiger partial charge in [0.05, 0.1) is 5.75 Å². The zero-order chi connectivity index (χ0) is 20.6. The van der Waals surface area contributed by atoms with Crippen molar-refractivity contribution >= 4 is 27.6 Å². The number of H-pyrrole nitrogens is 1. The van der Waals surface area contributed by atoms with E-state index in [4.69, 9.17) is 4.74 Å². The molecule has 9 nitrogen and oxygen atoms in total. The van der Waals surface area contributed by atoms with Crippen LogP contribution in [0.3, 0.4) is 0 Å². The van der Waals surface area contributed by atoms with E-state index in [1.54, 1.807) is 12.3 Å². The molecular weight excluding hydrogens is 394 g/mol. The lowest BCUT2D eigenvalue weighted by Gasteiger charge is -2.14. The molecule has 4 rings (SSSR count). The fourth-order valence-electron chi connectivity index (χ4n) is 3.95. The number of alkyl carbamates (subject to hydrolysis) is 1. The number of anilines is 2. The Morgan fingerprint density at radius 1 is 1.34 bits per heavy atom. The van der Waals surface area contributed by atoms with Crippen LogP contribution in [0.25, 0.3) is 0 Å². The van der Waals surface area contributed by atoms with Crippen LogP contribution in [0, 0.1) is 0 Å². The highest BCUT2D eigenvalue weighted by molar-refractivity contribution is 7.91. The molecule has 3 N–H and O–H groups in total. The molecule has 29 heavy (non-hydrogen) atoms. The molecule has 156 valence electrons. The monoisotopic (exact) mass is 419 g/mol. The summed E-state index contributed by atoms with van der Waals surface area (Å²) in [7, 11) is -3.31. The van der Waals surface area contributed by atoms with Crippen molar-refractivity contribution in [1.29, 1.82) is 0 Å². The standard InChI is InChI=1S/C19H25N5O4S/c1-11(2)21-19(25)28-14-4-3-13(9-14)15-10-16(24-23-15)22-18-17-12(5-7-20-18)6-8-29(17,26)27/h5,7,10-11,13-14H,3-4,6,8-9H2,1-2H3,(H,21,25)(H2,20,22,23,24)/t13-,14+/m0/s1. The summed E-state index contributed by atoms with van der Waals surface area (Å²) in [6, 6.07) is 3.65. The summed E-state index contributed by atoms with van der Waals surface area (Å²) in [5.41, 5.74) is 1.71. The predicted octanol–water partition coefficient (Wildman–Crippen LogP) is 2.65. The molecule has 0 spiro atoms. The average molecular weight is 420 g/mol. The number of aryl methyl sites for hydroxylation is 1. The lowest BCUT2D eigenvalue weighted by atomic mass is 10.0. The summed E-state index contributed by atoms with van der Waals surface area (Å²) in [5.74, 6) is 1.15. The third-order valence-electron chi connectivity index (χ3n) is 5.29. The molecule has 1 aliphatic heterocycles. The normalized spacial score (nSPS) is 22.4. The lowest BCUT2D eigenvalue weighted by molar-refractivity contribution is 0.0981. The Balaban J connectivity index is 1.42. The number of ether oxygens (including phenoxy) is 1. The summed E-state index contributed by atoms with van der Waals surface area (Å²) in [6.45, 7) is 3.78. The molecule has 2 atom stereocenters. The molecule has 0 saturated heterocycles. The van der Waals surface area contributed by atoms with Crippen LogP contribution in [-0.4, -0.2) is 47.6 Å². The van der Waals surface area contributed by atoms with Gasteiger partial charge in [-0.05, 0) is 51.2 Å². The summed E-state index contributed by atoms with van der Waals surface area (Å²) >= 11 is 0. The summed E-state index contributed by atoms with van der Waals surface area (Å²) < 4.78 is 30.1. The fraction of sp³-hybridized carbons (Fsp3) is 0.526. The number of aromatic nitrogens is 3. The van der Waals surface area contributed by atoms with Gasteiger partial charge in [0.25, 0.3) is 0 Å². The van der Waals surface area contributed by atoms with Gasteiger partial charge in [0.2, 0.25) is 0 Å². The molecule has 0 aromatic carbocycles. The van der Waals surface area contributed by atoms with Gasteiger partial charge in [-0.3, -0.25) is 5.10 Å². The van der Waals surface area contributed by atoms with Crippen molar-refractivity contribution in [1.82, 2.24) is 20.5 Å². The predicted molar refractivity (Wildman–Crippen MR) is 107 cm³/mol. The topological polar surface area (TPSA) is 126 Å². The number of amides is 1. The fourth-order valence-corrected chi connectivity index (χ4v) is 5.61. The zero-order valence-corrected chi connectivity index (χ0v) is 17.3. The SMILES string of the molecule is CC(C)NC(=O)O[C@@H]1CC[C@H](c2cc(Nc3nccc4c3S(=O)(=O)CC4)n[nH]2)C1. The van der Waals surface area contributed by atoms with E-state index in [2.05, 4.69) is 25.8 Å². The van der Waals surface area contributed by atoms with Crippen molar-refractivity contribution in [3.05, 3.63) is 29.6 Å². The first-order valence-electron chi connectivity index (χ1n) is 9.82. The van der Waals surface area contributed by atoms with Gasteiger partial charge >= 0.3 is 6.09 Å². The first-order valence-corrected chi connectivity index (χ1v) is 11.5. The molecule has 1 fully saturated rings. The van der Waals surface area contributed by atoms with Gasteiger partial charge in [0, 0.05) is 29.9 Å². The van der Waals surface area contributed by atoms with E-state index in [9.17, 15) is 13.2 Å². The van der Waals surface area contributed by atoms with Gasteiger partial charge in [0.15, 0.2) is 21.5 Å². The lowest BCUT2D eigenvalue weighted by Crippen LogP contribution is -2.33. The van der Waals surface area contributed by atoms with Crippen molar-refractivity contribution < 1.29 is 17.9 Å². The van der Waals surface area contributed by atoms with Gasteiger partial charge in [0.1, 0.15) is 11.0 Å². The third-order valence-corrected chi connectivity index (χ3v) is 7.11. The molecule has 2 aliphatic rings. The van der Waals surface area contributed by atoms with Crippen LogP contribution in [-0.2, 0) is 21.0 Å². The maximum atomic E-state index is 12.3. The summed E-state index contributed by atoms with van der Waals surface area (Å²) in [4.78, 5) is 16.3. The quantitative estimate of drug-likeness (QED) is 0.680. The van der Waals surface area contributed by atoms with Gasteiger partial charge in [-0.25, -0.2) is 18.2 Å². The highest BCUT2D eigenvalue weighted by atomic mass is 32.2. The van der Waals surface area contributed by atoms with Crippen LogP contribution in [0.1, 0.15) is 50.3 Å². The number of carbonyl (C=O) groups excluding carboxylic acids is 1. The van der Waals surface area contributed by atoms with Crippen LogP contribution in [0.4, 0.5) is 16.4 Å². The van der Waals surface area contributed by atoms with Crippen molar-refractivity contribution in [2.75, 3.05) is 11.1 Å². The number of sulfone groups is 1. The molecule has 2 aromatic heterocycles. The number of hydrogen-bond donors (Lipinski definition) is 3. The van der Waals surface area contributed by atoms with Crippen LogP contribution in [0.2, 0.25) is 0 Å².